The van der Waals surface area contributed by atoms with Gasteiger partial charge in [-0.25, -0.2) is 4.39 Å². The van der Waals surface area contributed by atoms with Gasteiger partial charge in [0, 0.05) is 43.0 Å². The van der Waals surface area contributed by atoms with E-state index in [1.54, 1.807) is 33.2 Å². The standard InChI is InChI=1S/C21H20FN3O3/c1-20(2)12-21(28-4,8-14(9-23)19(20)27)18-16(7-15(22)10-24-18)13-5-6-17(26)25(3)11-13/h5-8,10-11H,12H2,1-4H3. The Kier molecular flexibility index (Phi) is 4.77. The molecule has 0 amide bonds. The van der Waals surface area contributed by atoms with Crippen LogP contribution in [0.5, 0.6) is 0 Å². The molecule has 0 saturated carbocycles. The van der Waals surface area contributed by atoms with E-state index in [0.29, 0.717) is 16.8 Å². The molecular formula is C21H20FN3O3. The van der Waals surface area contributed by atoms with Gasteiger partial charge >= 0.3 is 0 Å². The Morgan fingerprint density at radius 2 is 2.04 bits per heavy atom. The van der Waals surface area contributed by atoms with Crippen molar-refractivity contribution in [1.82, 2.24) is 9.55 Å². The molecule has 28 heavy (non-hydrogen) atoms. The van der Waals surface area contributed by atoms with Gasteiger partial charge < -0.3 is 9.30 Å². The second kappa shape index (κ2) is 6.80. The van der Waals surface area contributed by atoms with Crippen molar-refractivity contribution in [3.05, 3.63) is 64.1 Å². The number of carbonyl (C=O) groups excluding carboxylic acids is 1. The van der Waals surface area contributed by atoms with Crippen molar-refractivity contribution in [1.29, 1.82) is 5.26 Å². The number of aryl methyl sites for hydroxylation is 1. The molecule has 1 aliphatic rings. The topological polar surface area (TPSA) is 85.0 Å². The fourth-order valence-corrected chi connectivity index (χ4v) is 3.66. The average molecular weight is 381 g/mol. The fraction of sp³-hybridized carbons (Fsp3) is 0.333. The van der Waals surface area contributed by atoms with Crippen molar-refractivity contribution in [3.8, 4) is 17.2 Å². The van der Waals surface area contributed by atoms with Crippen molar-refractivity contribution in [2.45, 2.75) is 25.9 Å². The van der Waals surface area contributed by atoms with Crippen molar-refractivity contribution < 1.29 is 13.9 Å². The Morgan fingerprint density at radius 1 is 1.32 bits per heavy atom. The van der Waals surface area contributed by atoms with Gasteiger partial charge in [-0.2, -0.15) is 5.26 Å². The quantitative estimate of drug-likeness (QED) is 0.816. The van der Waals surface area contributed by atoms with Crippen LogP contribution in [0, 0.1) is 22.6 Å². The molecule has 2 aromatic rings. The zero-order chi connectivity index (χ0) is 20.7. The first-order valence-corrected chi connectivity index (χ1v) is 8.69. The number of ketones is 1. The molecule has 7 heteroatoms. The lowest BCUT2D eigenvalue weighted by molar-refractivity contribution is -0.128. The van der Waals surface area contributed by atoms with Crippen LogP contribution in [0.25, 0.3) is 11.1 Å². The Labute approximate surface area is 161 Å². The maximum absolute atomic E-state index is 14.1. The Bertz CT molecular complexity index is 1090. The maximum atomic E-state index is 14.1. The average Bonchev–Trinajstić information content (AvgIpc) is 2.66. The van der Waals surface area contributed by atoms with E-state index in [1.165, 1.54) is 29.9 Å². The summed E-state index contributed by atoms with van der Waals surface area (Å²) in [6.45, 7) is 3.48. The summed E-state index contributed by atoms with van der Waals surface area (Å²) >= 11 is 0. The minimum atomic E-state index is -1.19. The third kappa shape index (κ3) is 3.16. The summed E-state index contributed by atoms with van der Waals surface area (Å²) < 4.78 is 21.3. The first-order valence-electron chi connectivity index (χ1n) is 8.69. The molecule has 2 heterocycles. The summed E-state index contributed by atoms with van der Waals surface area (Å²) in [4.78, 5) is 28.6. The first-order chi connectivity index (χ1) is 13.1. The third-order valence-electron chi connectivity index (χ3n) is 5.08. The molecule has 0 bridgehead atoms. The number of pyridine rings is 2. The number of carbonyl (C=O) groups is 1. The molecule has 0 radical (unpaired) electrons. The van der Waals surface area contributed by atoms with E-state index in [-0.39, 0.29) is 23.3 Å². The van der Waals surface area contributed by atoms with Gasteiger partial charge in [-0.15, -0.1) is 0 Å². The van der Waals surface area contributed by atoms with Gasteiger partial charge in [0.05, 0.1) is 17.5 Å². The fourth-order valence-electron chi connectivity index (χ4n) is 3.66. The van der Waals surface area contributed by atoms with E-state index in [4.69, 9.17) is 4.74 Å². The number of methoxy groups -OCH3 is 1. The molecule has 0 spiro atoms. The van der Waals surface area contributed by atoms with Crippen molar-refractivity contribution in [2.24, 2.45) is 12.5 Å². The number of ether oxygens (including phenoxy) is 1. The summed E-state index contributed by atoms with van der Waals surface area (Å²) in [5.74, 6) is -0.817. The molecule has 3 rings (SSSR count). The summed E-state index contributed by atoms with van der Waals surface area (Å²) in [5.41, 5.74) is -0.906. The molecule has 0 fully saturated rings. The Morgan fingerprint density at radius 3 is 2.64 bits per heavy atom. The maximum Gasteiger partial charge on any atom is 0.250 e. The zero-order valence-electron chi connectivity index (χ0n) is 16.1. The highest BCUT2D eigenvalue weighted by Gasteiger charge is 2.48. The number of hydrogen-bond acceptors (Lipinski definition) is 5. The Hall–Kier alpha value is -3.11. The molecule has 0 N–H and O–H groups in total. The van der Waals surface area contributed by atoms with Crippen LogP contribution in [-0.2, 0) is 22.2 Å². The predicted molar refractivity (Wildman–Crippen MR) is 101 cm³/mol. The number of nitrogens with zero attached hydrogens (tertiary/aromatic N) is 3. The molecule has 0 aromatic carbocycles. The van der Waals surface area contributed by atoms with Crippen LogP contribution in [0.3, 0.4) is 0 Å². The highest BCUT2D eigenvalue weighted by molar-refractivity contribution is 6.04. The number of allylic oxidation sites excluding steroid dienone is 1. The van der Waals surface area contributed by atoms with Gasteiger partial charge in [-0.1, -0.05) is 13.8 Å². The van der Waals surface area contributed by atoms with Crippen LogP contribution in [0.1, 0.15) is 26.0 Å². The number of Topliss-reactive ketones (excluding diaryl/α,β-unsaturated/α-hetero) is 1. The van der Waals surface area contributed by atoms with Crippen molar-refractivity contribution in [2.75, 3.05) is 7.11 Å². The van der Waals surface area contributed by atoms with Gasteiger partial charge in [0.15, 0.2) is 5.78 Å². The summed E-state index contributed by atoms with van der Waals surface area (Å²) in [6.07, 6.45) is 4.36. The molecule has 1 unspecified atom stereocenters. The van der Waals surface area contributed by atoms with Crippen LogP contribution >= 0.6 is 0 Å². The van der Waals surface area contributed by atoms with Gasteiger partial charge in [-0.05, 0) is 24.6 Å². The van der Waals surface area contributed by atoms with Crippen LogP contribution in [0.2, 0.25) is 0 Å². The van der Waals surface area contributed by atoms with Crippen LogP contribution < -0.4 is 5.56 Å². The lowest BCUT2D eigenvalue weighted by Gasteiger charge is -2.40. The molecule has 6 nitrogen and oxygen atoms in total. The van der Waals surface area contributed by atoms with Crippen molar-refractivity contribution >= 4 is 5.78 Å². The van der Waals surface area contributed by atoms with Crippen LogP contribution in [0.15, 0.2) is 47.0 Å². The molecule has 1 atom stereocenters. The second-order valence-corrected chi connectivity index (χ2v) is 7.57. The number of nitriles is 1. The lowest BCUT2D eigenvalue weighted by Crippen LogP contribution is -2.43. The number of halogens is 1. The van der Waals surface area contributed by atoms with E-state index >= 15 is 0 Å². The smallest absolute Gasteiger partial charge is 0.250 e. The summed E-state index contributed by atoms with van der Waals surface area (Å²) in [7, 11) is 3.06. The number of hydrogen-bond donors (Lipinski definition) is 0. The predicted octanol–water partition coefficient (Wildman–Crippen LogP) is 2.88. The molecule has 0 saturated heterocycles. The van der Waals surface area contributed by atoms with Crippen LogP contribution in [-0.4, -0.2) is 22.4 Å². The highest BCUT2D eigenvalue weighted by Crippen LogP contribution is 2.47. The molecular weight excluding hydrogens is 361 g/mol. The molecule has 2 aromatic heterocycles. The number of aromatic nitrogens is 2. The summed E-state index contributed by atoms with van der Waals surface area (Å²) in [5, 5.41) is 9.45. The highest BCUT2D eigenvalue weighted by atomic mass is 19.1. The van der Waals surface area contributed by atoms with Crippen molar-refractivity contribution in [3.63, 3.8) is 0 Å². The van der Waals surface area contributed by atoms with Gasteiger partial charge in [0.1, 0.15) is 17.5 Å². The number of rotatable bonds is 3. The van der Waals surface area contributed by atoms with E-state index in [9.17, 15) is 19.2 Å². The molecule has 1 aliphatic carbocycles. The minimum Gasteiger partial charge on any atom is -0.368 e. The summed E-state index contributed by atoms with van der Waals surface area (Å²) in [6, 6.07) is 6.22. The molecule has 144 valence electrons. The monoisotopic (exact) mass is 381 g/mol. The van der Waals surface area contributed by atoms with E-state index < -0.39 is 16.8 Å². The SMILES string of the molecule is COC1(c2ncc(F)cc2-c2ccc(=O)n(C)c2)C=C(C#N)C(=O)C(C)(C)C1. The first kappa shape index (κ1) is 19.6. The largest absolute Gasteiger partial charge is 0.368 e. The minimum absolute atomic E-state index is 0.0179. The van der Waals surface area contributed by atoms with E-state index in [0.717, 1.165) is 6.20 Å². The second-order valence-electron chi connectivity index (χ2n) is 7.57. The van der Waals surface area contributed by atoms with Crippen LogP contribution in [0.4, 0.5) is 4.39 Å². The third-order valence-corrected chi connectivity index (χ3v) is 5.08. The zero-order valence-corrected chi connectivity index (χ0v) is 16.1. The molecule has 0 aliphatic heterocycles. The van der Waals surface area contributed by atoms with Gasteiger partial charge in [0.2, 0.25) is 5.56 Å². The normalized spacial score (nSPS) is 21.1. The van der Waals surface area contributed by atoms with Gasteiger partial charge in [0.25, 0.3) is 0 Å². The van der Waals surface area contributed by atoms with Gasteiger partial charge in [-0.3, -0.25) is 14.6 Å². The lowest BCUT2D eigenvalue weighted by atomic mass is 9.68. The Balaban J connectivity index is 2.32. The van der Waals surface area contributed by atoms with E-state index in [2.05, 4.69) is 4.98 Å². The van der Waals surface area contributed by atoms with E-state index in [1.807, 2.05) is 6.07 Å².